The van der Waals surface area contributed by atoms with Gasteiger partial charge in [-0.3, -0.25) is 9.69 Å². The third-order valence-corrected chi connectivity index (χ3v) is 3.88. The fourth-order valence-electron chi connectivity index (χ4n) is 3.04. The lowest BCUT2D eigenvalue weighted by Gasteiger charge is -2.37. The Labute approximate surface area is 108 Å². The number of aliphatic carboxylic acids is 1. The highest BCUT2D eigenvalue weighted by Crippen LogP contribution is 2.37. The molecule has 5 nitrogen and oxygen atoms in total. The van der Waals surface area contributed by atoms with E-state index >= 15 is 0 Å². The third kappa shape index (κ3) is 4.55. The van der Waals surface area contributed by atoms with Crippen LogP contribution in [0.1, 0.15) is 25.7 Å². The number of aliphatic hydroxyl groups excluding tert-OH is 1. The number of likely N-dealkylation sites (tertiary alicyclic amines) is 1. The van der Waals surface area contributed by atoms with Gasteiger partial charge in [0.1, 0.15) is 0 Å². The van der Waals surface area contributed by atoms with Crippen LogP contribution in [0.15, 0.2) is 0 Å². The van der Waals surface area contributed by atoms with Crippen LogP contribution in [-0.4, -0.2) is 59.9 Å². The molecule has 2 fully saturated rings. The lowest BCUT2D eigenvalue weighted by Crippen LogP contribution is -2.51. The standard InChI is InChI=1S/C13H24N2O3/c16-4-3-14-12-6-11(5-10-1-2-10)7-15(8-12)9-13(17)18/h10-12,14,16H,1-9H2,(H,17,18). The summed E-state index contributed by atoms with van der Waals surface area (Å²) in [6.07, 6.45) is 5.06. The predicted molar refractivity (Wildman–Crippen MR) is 68.4 cm³/mol. The normalized spacial score (nSPS) is 29.4. The average molecular weight is 256 g/mol. The Bertz CT molecular complexity index is 281. The SMILES string of the molecule is O=C(O)CN1CC(CC2CC2)CC(NCCO)C1. The maximum Gasteiger partial charge on any atom is 0.317 e. The Morgan fingerprint density at radius 3 is 2.67 bits per heavy atom. The molecule has 5 heteroatoms. The lowest BCUT2D eigenvalue weighted by atomic mass is 9.89. The van der Waals surface area contributed by atoms with Gasteiger partial charge in [-0.15, -0.1) is 0 Å². The molecule has 1 heterocycles. The molecule has 2 atom stereocenters. The summed E-state index contributed by atoms with van der Waals surface area (Å²) in [6, 6.07) is 0.328. The first-order chi connectivity index (χ1) is 8.67. The van der Waals surface area contributed by atoms with Crippen molar-refractivity contribution in [1.29, 1.82) is 0 Å². The van der Waals surface area contributed by atoms with E-state index in [1.807, 2.05) is 4.90 Å². The van der Waals surface area contributed by atoms with E-state index in [2.05, 4.69) is 5.32 Å². The molecule has 0 aromatic rings. The Morgan fingerprint density at radius 2 is 2.06 bits per heavy atom. The van der Waals surface area contributed by atoms with Gasteiger partial charge >= 0.3 is 5.97 Å². The van der Waals surface area contributed by atoms with Gasteiger partial charge in [0.05, 0.1) is 13.2 Å². The van der Waals surface area contributed by atoms with Crippen LogP contribution in [0.4, 0.5) is 0 Å². The van der Waals surface area contributed by atoms with Crippen LogP contribution in [0.5, 0.6) is 0 Å². The third-order valence-electron chi connectivity index (χ3n) is 3.88. The number of carboxylic acid groups (broad SMARTS) is 1. The minimum atomic E-state index is -0.747. The second-order valence-corrected chi connectivity index (χ2v) is 5.74. The van der Waals surface area contributed by atoms with E-state index in [4.69, 9.17) is 10.2 Å². The first-order valence-corrected chi connectivity index (χ1v) is 6.95. The zero-order valence-corrected chi connectivity index (χ0v) is 10.8. The smallest absolute Gasteiger partial charge is 0.317 e. The number of carbonyl (C=O) groups is 1. The van der Waals surface area contributed by atoms with Crippen molar-refractivity contribution in [3.05, 3.63) is 0 Å². The number of nitrogens with zero attached hydrogens (tertiary/aromatic N) is 1. The maximum absolute atomic E-state index is 10.8. The summed E-state index contributed by atoms with van der Waals surface area (Å²) in [5.74, 6) is 0.753. The van der Waals surface area contributed by atoms with E-state index in [1.165, 1.54) is 19.3 Å². The molecule has 0 amide bonds. The number of hydrogen-bond acceptors (Lipinski definition) is 4. The zero-order valence-electron chi connectivity index (χ0n) is 10.8. The van der Waals surface area contributed by atoms with Gasteiger partial charge in [0, 0.05) is 25.7 Å². The van der Waals surface area contributed by atoms with Crippen molar-refractivity contribution in [3.8, 4) is 0 Å². The number of nitrogens with one attached hydrogen (secondary N) is 1. The molecule has 1 aliphatic heterocycles. The highest BCUT2D eigenvalue weighted by atomic mass is 16.4. The monoisotopic (exact) mass is 256 g/mol. The molecule has 104 valence electrons. The Morgan fingerprint density at radius 1 is 1.28 bits per heavy atom. The molecule has 0 spiro atoms. The van der Waals surface area contributed by atoms with Gasteiger partial charge in [0.2, 0.25) is 0 Å². The molecule has 1 saturated carbocycles. The zero-order chi connectivity index (χ0) is 13.0. The van der Waals surface area contributed by atoms with Crippen molar-refractivity contribution in [1.82, 2.24) is 10.2 Å². The number of hydrogen-bond donors (Lipinski definition) is 3. The van der Waals surface area contributed by atoms with Crippen molar-refractivity contribution in [3.63, 3.8) is 0 Å². The average Bonchev–Trinajstić information content (AvgIpc) is 3.09. The molecule has 2 rings (SSSR count). The molecular formula is C13H24N2O3. The Kier molecular flexibility index (Phi) is 4.97. The number of aliphatic hydroxyl groups is 1. The van der Waals surface area contributed by atoms with Gasteiger partial charge in [0.15, 0.2) is 0 Å². The van der Waals surface area contributed by atoms with Crippen molar-refractivity contribution in [2.24, 2.45) is 11.8 Å². The van der Waals surface area contributed by atoms with Gasteiger partial charge < -0.3 is 15.5 Å². The summed E-state index contributed by atoms with van der Waals surface area (Å²) in [5, 5.41) is 21.1. The fraction of sp³-hybridized carbons (Fsp3) is 0.923. The van der Waals surface area contributed by atoms with Crippen molar-refractivity contribution >= 4 is 5.97 Å². The second-order valence-electron chi connectivity index (χ2n) is 5.74. The molecule has 0 bridgehead atoms. The molecule has 0 aromatic carbocycles. The van der Waals surface area contributed by atoms with Crippen molar-refractivity contribution in [2.75, 3.05) is 32.8 Å². The lowest BCUT2D eigenvalue weighted by molar-refractivity contribution is -0.138. The van der Waals surface area contributed by atoms with Crippen LogP contribution in [0.3, 0.4) is 0 Å². The van der Waals surface area contributed by atoms with Crippen molar-refractivity contribution in [2.45, 2.75) is 31.7 Å². The number of piperidine rings is 1. The summed E-state index contributed by atoms with van der Waals surface area (Å²) < 4.78 is 0. The van der Waals surface area contributed by atoms with Gasteiger partial charge in [-0.2, -0.15) is 0 Å². The van der Waals surface area contributed by atoms with E-state index in [0.29, 0.717) is 18.5 Å². The van der Waals surface area contributed by atoms with Crippen LogP contribution < -0.4 is 5.32 Å². The summed E-state index contributed by atoms with van der Waals surface area (Å²) in [4.78, 5) is 12.9. The minimum Gasteiger partial charge on any atom is -0.480 e. The van der Waals surface area contributed by atoms with Crippen LogP contribution in [0.2, 0.25) is 0 Å². The van der Waals surface area contributed by atoms with E-state index in [-0.39, 0.29) is 13.2 Å². The largest absolute Gasteiger partial charge is 0.480 e. The molecule has 2 aliphatic rings. The summed E-state index contributed by atoms with van der Waals surface area (Å²) in [7, 11) is 0. The molecule has 18 heavy (non-hydrogen) atoms. The molecule has 3 N–H and O–H groups in total. The molecule has 0 radical (unpaired) electrons. The highest BCUT2D eigenvalue weighted by Gasteiger charge is 2.32. The molecule has 1 aliphatic carbocycles. The van der Waals surface area contributed by atoms with Crippen LogP contribution in [-0.2, 0) is 4.79 Å². The van der Waals surface area contributed by atoms with Crippen LogP contribution >= 0.6 is 0 Å². The van der Waals surface area contributed by atoms with Crippen molar-refractivity contribution < 1.29 is 15.0 Å². The topological polar surface area (TPSA) is 72.8 Å². The summed E-state index contributed by atoms with van der Waals surface area (Å²) in [5.41, 5.74) is 0. The van der Waals surface area contributed by atoms with Gasteiger partial charge in [0.25, 0.3) is 0 Å². The first kappa shape index (κ1) is 13.8. The van der Waals surface area contributed by atoms with E-state index in [9.17, 15) is 4.79 Å². The number of rotatable bonds is 7. The quantitative estimate of drug-likeness (QED) is 0.604. The van der Waals surface area contributed by atoms with E-state index < -0.39 is 5.97 Å². The molecule has 2 unspecified atom stereocenters. The predicted octanol–water partition coefficient (Wildman–Crippen LogP) is 0.144. The van der Waals surface area contributed by atoms with E-state index in [0.717, 1.165) is 25.4 Å². The molecule has 1 saturated heterocycles. The highest BCUT2D eigenvalue weighted by molar-refractivity contribution is 5.69. The van der Waals surface area contributed by atoms with E-state index in [1.54, 1.807) is 0 Å². The van der Waals surface area contributed by atoms with Crippen LogP contribution in [0.25, 0.3) is 0 Å². The maximum atomic E-state index is 10.8. The minimum absolute atomic E-state index is 0.137. The van der Waals surface area contributed by atoms with Gasteiger partial charge in [-0.1, -0.05) is 12.8 Å². The Balaban J connectivity index is 1.84. The van der Waals surface area contributed by atoms with Crippen LogP contribution in [0, 0.1) is 11.8 Å². The molecule has 0 aromatic heterocycles. The molecular weight excluding hydrogens is 232 g/mol. The van der Waals surface area contributed by atoms with Gasteiger partial charge in [-0.05, 0) is 24.7 Å². The Hall–Kier alpha value is -0.650. The fourth-order valence-corrected chi connectivity index (χ4v) is 3.04. The summed E-state index contributed by atoms with van der Waals surface area (Å²) in [6.45, 7) is 2.58. The van der Waals surface area contributed by atoms with Gasteiger partial charge in [-0.25, -0.2) is 0 Å². The summed E-state index contributed by atoms with van der Waals surface area (Å²) >= 11 is 0. The number of carboxylic acids is 1. The first-order valence-electron chi connectivity index (χ1n) is 6.95. The second kappa shape index (κ2) is 6.50.